The fourth-order valence-electron chi connectivity index (χ4n) is 17.8. The molecular formula is C111H114BN5. The van der Waals surface area contributed by atoms with E-state index in [0.29, 0.717) is 22.3 Å². The van der Waals surface area contributed by atoms with Crippen molar-refractivity contribution in [1.82, 2.24) is 9.13 Å². The predicted octanol–water partition coefficient (Wildman–Crippen LogP) is 28.9. The van der Waals surface area contributed by atoms with Gasteiger partial charge >= 0.3 is 0 Å². The topological polar surface area (TPSA) is 40.1 Å². The maximum absolute atomic E-state index is 11.7. The van der Waals surface area contributed by atoms with E-state index in [9.17, 15) is 10.7 Å². The van der Waals surface area contributed by atoms with Crippen molar-refractivity contribution in [2.75, 3.05) is 9.80 Å². The minimum absolute atomic E-state index is 0.0612. The molecule has 2 aliphatic rings. The maximum atomic E-state index is 11.7. The molecule has 0 aliphatic carbocycles. The molecule has 6 heteroatoms. The second-order valence-corrected chi connectivity index (χ2v) is 41.7. The molecule has 0 amide bonds. The van der Waals surface area contributed by atoms with E-state index in [4.69, 9.17) is 0 Å². The van der Waals surface area contributed by atoms with Gasteiger partial charge in [-0.2, -0.15) is 5.26 Å². The second-order valence-electron chi connectivity index (χ2n) is 41.7. The first-order chi connectivity index (χ1) is 56.7. The van der Waals surface area contributed by atoms with Gasteiger partial charge in [-0.05, 0) is 229 Å². The van der Waals surface area contributed by atoms with Crippen LogP contribution in [0.3, 0.4) is 0 Å². The molecular weight excluding hydrogens is 1410 g/mol. The van der Waals surface area contributed by atoms with Crippen LogP contribution in [0.2, 0.25) is 0 Å². The van der Waals surface area contributed by atoms with Gasteiger partial charge in [0.2, 0.25) is 0 Å². The van der Waals surface area contributed by atoms with Gasteiger partial charge in [0, 0.05) is 61.1 Å². The summed E-state index contributed by atoms with van der Waals surface area (Å²) in [5, 5.41) is 16.2. The Morgan fingerprint density at radius 3 is 1.16 bits per heavy atom. The number of anilines is 6. The van der Waals surface area contributed by atoms with Gasteiger partial charge in [0.1, 0.15) is 6.07 Å². The first-order valence-corrected chi connectivity index (χ1v) is 42.1. The van der Waals surface area contributed by atoms with E-state index < -0.39 is 17.5 Å². The average Bonchev–Trinajstić information content (AvgIpc) is 0.794. The quantitative estimate of drug-likeness (QED) is 0.142. The van der Waals surface area contributed by atoms with Gasteiger partial charge in [-0.15, -0.1) is 0 Å². The summed E-state index contributed by atoms with van der Waals surface area (Å²) < 4.78 is 46.1. The van der Waals surface area contributed by atoms with Crippen LogP contribution in [-0.2, 0) is 43.3 Å². The molecule has 586 valence electrons. The first kappa shape index (κ1) is 73.3. The Labute approximate surface area is 702 Å². The van der Waals surface area contributed by atoms with Crippen molar-refractivity contribution in [2.45, 2.75) is 209 Å². The fourth-order valence-corrected chi connectivity index (χ4v) is 17.8. The molecule has 0 spiro atoms. The zero-order valence-corrected chi connectivity index (χ0v) is 73.3. The predicted molar refractivity (Wildman–Crippen MR) is 505 cm³/mol. The van der Waals surface area contributed by atoms with Crippen LogP contribution in [0.25, 0.3) is 99.5 Å². The summed E-state index contributed by atoms with van der Waals surface area (Å²) >= 11 is 0. The lowest BCUT2D eigenvalue weighted by Crippen LogP contribution is -2.61. The number of nitrogens with zero attached hydrogens (tertiary/aromatic N) is 5. The summed E-state index contributed by atoms with van der Waals surface area (Å²) in [5.74, 6) is 0. The van der Waals surface area contributed by atoms with E-state index in [1.54, 1.807) is 0 Å². The molecule has 4 heterocycles. The van der Waals surface area contributed by atoms with Crippen LogP contribution in [0.15, 0.2) is 255 Å². The number of rotatable bonds is 8. The molecule has 0 saturated heterocycles. The molecule has 0 saturated carbocycles. The highest BCUT2D eigenvalue weighted by molar-refractivity contribution is 7.00. The number of aromatic nitrogens is 2. The smallest absolute Gasteiger partial charge is 0.252 e. The van der Waals surface area contributed by atoms with E-state index in [0.717, 1.165) is 144 Å². The molecule has 0 atom stereocenters. The fraction of sp³-hybridized carbons (Fsp3) is 0.288. The highest BCUT2D eigenvalue weighted by Crippen LogP contribution is 2.55. The minimum atomic E-state index is -0.769. The van der Waals surface area contributed by atoms with Crippen molar-refractivity contribution < 1.29 is 5.48 Å². The van der Waals surface area contributed by atoms with E-state index in [1.807, 2.05) is 26.8 Å². The first-order valence-electron chi connectivity index (χ1n) is 44.1. The van der Waals surface area contributed by atoms with Crippen molar-refractivity contribution in [2.24, 2.45) is 0 Å². The molecule has 0 bridgehead atoms. The van der Waals surface area contributed by atoms with Gasteiger partial charge in [-0.25, -0.2) is 0 Å². The van der Waals surface area contributed by atoms with E-state index in [-0.39, 0.29) is 56.7 Å². The molecule has 5 nitrogen and oxygen atoms in total. The van der Waals surface area contributed by atoms with Crippen LogP contribution >= 0.6 is 0 Å². The largest absolute Gasteiger partial charge is 0.311 e. The number of benzene rings is 13. The van der Waals surface area contributed by atoms with Gasteiger partial charge in [0.05, 0.1) is 50.2 Å². The molecule has 0 fully saturated rings. The van der Waals surface area contributed by atoms with Gasteiger partial charge in [0.15, 0.2) is 0 Å². The van der Waals surface area contributed by atoms with Crippen molar-refractivity contribution in [3.63, 3.8) is 0 Å². The highest BCUT2D eigenvalue weighted by Gasteiger charge is 2.46. The monoisotopic (exact) mass is 1530 g/mol. The number of hydrogen-bond donors (Lipinski definition) is 0. The van der Waals surface area contributed by atoms with Crippen molar-refractivity contribution in [1.29, 1.82) is 5.26 Å². The summed E-state index contributed by atoms with van der Waals surface area (Å²) in [6.07, 6.45) is 0. The number of para-hydroxylation sites is 2. The molecule has 0 radical (unpaired) electrons. The van der Waals surface area contributed by atoms with Crippen LogP contribution in [0, 0.1) is 11.3 Å². The maximum Gasteiger partial charge on any atom is 0.252 e. The average molecular weight is 1530 g/mol. The molecule has 15 aromatic rings. The lowest BCUT2D eigenvalue weighted by molar-refractivity contribution is 0.568. The van der Waals surface area contributed by atoms with Gasteiger partial charge in [-0.3, -0.25) is 0 Å². The lowest BCUT2D eigenvalue weighted by atomic mass is 9.33. The van der Waals surface area contributed by atoms with Crippen LogP contribution in [0.1, 0.15) is 222 Å². The number of hydrogen-bond acceptors (Lipinski definition) is 3. The normalized spacial score (nSPS) is 14.1. The minimum Gasteiger partial charge on any atom is -0.311 e. The standard InChI is InChI=1S/C111H114BN5/c1-104(2,3)75-36-32-35-71(51-75)88-63-82(111(22,23)24)62-87(68-33-26-25-27-34-68)103(88)117-99-57-70(74-54-80(109(16,17)18)59-81(55-74)110(19,20)21)43-48-92(99)112-91-47-42-69(73-52-78(107(10,11)12)58-79(53-73)108(13,14)15)56-98(91)114(83-46-41-72(67-113)97(64-83)116-93-39-30-28-37-85(93)86-38-29-31-40-94(86)116)100-65-84(66-101(117)102(100)112)115-95-49-44-76(105(4,5)6)60-89(95)90-61-77(106(7,8)9)45-50-96(90)115/h25-66H,1-24H3/i32D,35D,36D,51D. The second kappa shape index (κ2) is 27.4. The van der Waals surface area contributed by atoms with Crippen molar-refractivity contribution in [3.8, 4) is 62.0 Å². The van der Waals surface area contributed by atoms with Crippen molar-refractivity contribution >= 4 is 101 Å². The third kappa shape index (κ3) is 13.7. The Hall–Kier alpha value is -11.4. The third-order valence-corrected chi connectivity index (χ3v) is 24.9. The zero-order chi connectivity index (χ0) is 86.6. The van der Waals surface area contributed by atoms with Crippen LogP contribution in [-0.4, -0.2) is 15.8 Å². The summed E-state index contributed by atoms with van der Waals surface area (Å²) in [7, 11) is 0. The van der Waals surface area contributed by atoms with Crippen LogP contribution < -0.4 is 26.2 Å². The summed E-state index contributed by atoms with van der Waals surface area (Å²) in [6.45, 7) is 53.9. The Kier molecular flexibility index (Phi) is 17.1. The number of nitriles is 1. The Balaban J connectivity index is 1.12. The van der Waals surface area contributed by atoms with E-state index in [1.165, 1.54) is 33.4 Å². The Morgan fingerprint density at radius 2 is 0.701 bits per heavy atom. The van der Waals surface area contributed by atoms with E-state index in [2.05, 4.69) is 395 Å². The lowest BCUT2D eigenvalue weighted by Gasteiger charge is -2.45. The summed E-state index contributed by atoms with van der Waals surface area (Å²) in [6, 6.07) is 89.0. The Morgan fingerprint density at radius 1 is 0.291 bits per heavy atom. The van der Waals surface area contributed by atoms with Gasteiger partial charge < -0.3 is 18.9 Å². The van der Waals surface area contributed by atoms with Gasteiger partial charge in [-0.1, -0.05) is 330 Å². The molecule has 117 heavy (non-hydrogen) atoms. The van der Waals surface area contributed by atoms with Crippen LogP contribution in [0.5, 0.6) is 0 Å². The SMILES string of the molecule is [2H]c1c([2H])c(-c2cc(C(C)(C)C)cc(-c3ccccc3)c2N2c3cc(-c4cc(C(C)(C)C)cc(C(C)(C)C)c4)ccc3B3c4ccc(-c5cc(C(C)(C)C)cc(C(C)(C)C)c5)cc4N(c4ccc(C#N)c(-n5c6ccccc6c6ccccc65)c4)c4cc(-n5c6ccc(C(C)(C)C)cc6c6cc(C(C)(C)C)ccc65)cc2c43)c([2H])c(C(C)(C)C)c1[2H]. The zero-order valence-electron chi connectivity index (χ0n) is 77.3. The molecule has 13 aromatic carbocycles. The Bertz CT molecular complexity index is 6670. The van der Waals surface area contributed by atoms with Crippen LogP contribution in [0.4, 0.5) is 34.1 Å². The molecule has 0 N–H and O–H groups in total. The van der Waals surface area contributed by atoms with E-state index >= 15 is 0 Å². The molecule has 0 unspecified atom stereocenters. The number of fused-ring (bicyclic) bond motifs is 10. The van der Waals surface area contributed by atoms with Gasteiger partial charge in [0.25, 0.3) is 6.71 Å². The third-order valence-electron chi connectivity index (χ3n) is 24.9. The summed E-state index contributed by atoms with van der Waals surface area (Å²) in [5.41, 5.74) is 28.3. The summed E-state index contributed by atoms with van der Waals surface area (Å²) in [4.78, 5) is 5.03. The molecule has 2 aromatic heterocycles. The highest BCUT2D eigenvalue weighted by atomic mass is 15.2. The van der Waals surface area contributed by atoms with Crippen molar-refractivity contribution in [3.05, 3.63) is 305 Å². The molecule has 17 rings (SSSR count). The molecule has 2 aliphatic heterocycles.